The summed E-state index contributed by atoms with van der Waals surface area (Å²) in [6.45, 7) is 7.79. The summed E-state index contributed by atoms with van der Waals surface area (Å²) in [4.78, 5) is 53.5. The molecule has 1 heterocycles. The summed E-state index contributed by atoms with van der Waals surface area (Å²) in [6.07, 6.45) is 1.07. The van der Waals surface area contributed by atoms with Gasteiger partial charge in [0.05, 0.1) is 34.2 Å². The molecule has 3 atom stereocenters. The van der Waals surface area contributed by atoms with Crippen molar-refractivity contribution in [2.75, 3.05) is 31.6 Å². The normalized spacial score (nSPS) is 22.6. The number of amides is 3. The minimum Gasteiger partial charge on any atom is -0.480 e. The third-order valence-electron chi connectivity index (χ3n) is 8.77. The number of rotatable bonds is 8. The molecule has 1 aliphatic heterocycles. The van der Waals surface area contributed by atoms with Crippen LogP contribution in [0.25, 0.3) is 0 Å². The quantitative estimate of drug-likeness (QED) is 0.403. The van der Waals surface area contributed by atoms with Gasteiger partial charge in [0.25, 0.3) is 5.91 Å². The van der Waals surface area contributed by atoms with Crippen molar-refractivity contribution in [2.45, 2.75) is 46.1 Å². The molecule has 4 rings (SSSR count). The Morgan fingerprint density at radius 1 is 1.02 bits per heavy atom. The molecule has 0 radical (unpaired) electrons. The van der Waals surface area contributed by atoms with Gasteiger partial charge < -0.3 is 25.4 Å². The van der Waals surface area contributed by atoms with Crippen molar-refractivity contribution in [3.8, 4) is 0 Å². The van der Waals surface area contributed by atoms with Gasteiger partial charge in [-0.2, -0.15) is 0 Å². The number of nitrogens with one attached hydrogen (secondary N) is 2. The summed E-state index contributed by atoms with van der Waals surface area (Å²) < 4.78 is 5.38. The molecular formula is C30H35Cl2N3O6. The van der Waals surface area contributed by atoms with Crippen LogP contribution in [-0.2, 0) is 25.5 Å². The van der Waals surface area contributed by atoms with E-state index < -0.39 is 34.7 Å². The van der Waals surface area contributed by atoms with Gasteiger partial charge in [-0.1, -0.05) is 62.2 Å². The van der Waals surface area contributed by atoms with Gasteiger partial charge >= 0.3 is 5.97 Å². The number of aliphatic carboxylic acids is 1. The van der Waals surface area contributed by atoms with E-state index in [0.29, 0.717) is 50.4 Å². The van der Waals surface area contributed by atoms with Gasteiger partial charge in [0.2, 0.25) is 11.8 Å². The third kappa shape index (κ3) is 6.37. The lowest BCUT2D eigenvalue weighted by Gasteiger charge is -2.43. The monoisotopic (exact) mass is 603 g/mol. The maximum absolute atomic E-state index is 13.5. The van der Waals surface area contributed by atoms with Crippen LogP contribution in [0, 0.1) is 16.7 Å². The van der Waals surface area contributed by atoms with Gasteiger partial charge in [0, 0.05) is 31.1 Å². The van der Waals surface area contributed by atoms with Crippen LogP contribution in [0.3, 0.4) is 0 Å². The van der Waals surface area contributed by atoms with Crippen LogP contribution < -0.4 is 10.6 Å². The molecule has 1 saturated carbocycles. The Balaban J connectivity index is 1.40. The van der Waals surface area contributed by atoms with E-state index in [1.807, 2.05) is 20.8 Å². The predicted octanol–water partition coefficient (Wildman–Crippen LogP) is 4.66. The standard InChI is InChI=1S/C30H35Cl2N3O6/c1-29(2)20(11-12-30(29,3)28(40)35-13-15-41-16-14-35)25(36)34-23(27(38)39)17-18-7-9-19(10-8-18)33-26(37)24-21(31)5-4-6-22(24)32/h4-10,20,23H,11-17H2,1-3H3,(H,33,37)(H,34,36)(H,38,39)/t20?,23-,30?/m0/s1. The average molecular weight is 605 g/mol. The highest BCUT2D eigenvalue weighted by Gasteiger charge is 2.59. The second-order valence-electron chi connectivity index (χ2n) is 11.4. The summed E-state index contributed by atoms with van der Waals surface area (Å²) in [5.41, 5.74) is -0.141. The maximum Gasteiger partial charge on any atom is 0.326 e. The van der Waals surface area contributed by atoms with Gasteiger partial charge in [-0.25, -0.2) is 4.79 Å². The number of morpholine rings is 1. The number of carbonyl (C=O) groups excluding carboxylic acids is 3. The van der Waals surface area contributed by atoms with Crippen molar-refractivity contribution in [1.82, 2.24) is 10.2 Å². The molecule has 0 spiro atoms. The maximum atomic E-state index is 13.5. The van der Waals surface area contributed by atoms with E-state index in [-0.39, 0.29) is 33.8 Å². The molecule has 3 N–H and O–H groups in total. The Morgan fingerprint density at radius 2 is 1.63 bits per heavy atom. The smallest absolute Gasteiger partial charge is 0.326 e. The second-order valence-corrected chi connectivity index (χ2v) is 12.2. The minimum absolute atomic E-state index is 0.0138. The Hall–Kier alpha value is -3.14. The van der Waals surface area contributed by atoms with Gasteiger partial charge in [0.15, 0.2) is 0 Å². The fourth-order valence-corrected chi connectivity index (χ4v) is 6.37. The van der Waals surface area contributed by atoms with E-state index in [1.54, 1.807) is 47.4 Å². The van der Waals surface area contributed by atoms with E-state index in [0.717, 1.165) is 0 Å². The molecule has 220 valence electrons. The summed E-state index contributed by atoms with van der Waals surface area (Å²) in [6, 6.07) is 10.3. The van der Waals surface area contributed by atoms with Gasteiger partial charge in [0.1, 0.15) is 6.04 Å². The molecule has 41 heavy (non-hydrogen) atoms. The number of carboxylic acid groups (broad SMARTS) is 1. The number of nitrogens with zero attached hydrogens (tertiary/aromatic N) is 1. The Bertz CT molecular complexity index is 1310. The Kier molecular flexibility index (Phi) is 9.31. The van der Waals surface area contributed by atoms with E-state index in [2.05, 4.69) is 10.6 Å². The number of anilines is 1. The fourth-order valence-electron chi connectivity index (χ4n) is 5.80. The zero-order valence-corrected chi connectivity index (χ0v) is 24.8. The number of carbonyl (C=O) groups is 4. The first kappa shape index (κ1) is 30.8. The minimum atomic E-state index is -1.16. The fraction of sp³-hybridized carbons (Fsp3) is 0.467. The average Bonchev–Trinajstić information content (AvgIpc) is 3.18. The summed E-state index contributed by atoms with van der Waals surface area (Å²) in [7, 11) is 0. The molecule has 2 aromatic carbocycles. The Morgan fingerprint density at radius 3 is 2.22 bits per heavy atom. The molecule has 1 saturated heterocycles. The molecule has 2 aromatic rings. The van der Waals surface area contributed by atoms with E-state index in [9.17, 15) is 24.3 Å². The molecule has 11 heteroatoms. The van der Waals surface area contributed by atoms with Crippen molar-refractivity contribution in [1.29, 1.82) is 0 Å². The van der Waals surface area contributed by atoms with Crippen LogP contribution in [0.4, 0.5) is 5.69 Å². The number of hydrogen-bond donors (Lipinski definition) is 3. The topological polar surface area (TPSA) is 125 Å². The van der Waals surface area contributed by atoms with Crippen molar-refractivity contribution < 1.29 is 29.0 Å². The van der Waals surface area contributed by atoms with Crippen molar-refractivity contribution in [3.63, 3.8) is 0 Å². The number of ether oxygens (including phenoxy) is 1. The van der Waals surface area contributed by atoms with Crippen LogP contribution in [0.2, 0.25) is 10.0 Å². The highest BCUT2D eigenvalue weighted by atomic mass is 35.5. The lowest BCUT2D eigenvalue weighted by Crippen LogP contribution is -2.54. The van der Waals surface area contributed by atoms with Crippen LogP contribution in [0.1, 0.15) is 49.5 Å². The van der Waals surface area contributed by atoms with E-state index in [1.165, 1.54) is 0 Å². The van der Waals surface area contributed by atoms with Crippen LogP contribution in [-0.4, -0.2) is 66.0 Å². The first-order chi connectivity index (χ1) is 19.3. The zero-order valence-electron chi connectivity index (χ0n) is 23.3. The first-order valence-electron chi connectivity index (χ1n) is 13.6. The van der Waals surface area contributed by atoms with Gasteiger partial charge in [-0.3, -0.25) is 14.4 Å². The number of halogens is 2. The number of hydrogen-bond acceptors (Lipinski definition) is 5. The molecule has 2 unspecified atom stereocenters. The number of benzene rings is 2. The lowest BCUT2D eigenvalue weighted by atomic mass is 9.64. The highest BCUT2D eigenvalue weighted by Crippen LogP contribution is 2.57. The molecule has 2 aliphatic rings. The second kappa shape index (κ2) is 12.4. The molecule has 9 nitrogen and oxygen atoms in total. The SMILES string of the molecule is CC1(C(=O)N2CCOCC2)CCC(C(=O)N[C@@H](Cc2ccc(NC(=O)c3c(Cl)cccc3Cl)cc2)C(=O)O)C1(C)C. The Labute approximate surface area is 249 Å². The van der Waals surface area contributed by atoms with Crippen LogP contribution >= 0.6 is 23.2 Å². The van der Waals surface area contributed by atoms with E-state index >= 15 is 0 Å². The largest absolute Gasteiger partial charge is 0.480 e. The van der Waals surface area contributed by atoms with E-state index in [4.69, 9.17) is 27.9 Å². The van der Waals surface area contributed by atoms with Crippen LogP contribution in [0.15, 0.2) is 42.5 Å². The molecule has 1 aliphatic carbocycles. The van der Waals surface area contributed by atoms with Crippen molar-refractivity contribution >= 4 is 52.6 Å². The molecule has 2 fully saturated rings. The van der Waals surface area contributed by atoms with Gasteiger partial charge in [-0.15, -0.1) is 0 Å². The highest BCUT2D eigenvalue weighted by molar-refractivity contribution is 6.40. The summed E-state index contributed by atoms with van der Waals surface area (Å²) in [5.74, 6) is -2.51. The number of carboxylic acids is 1. The van der Waals surface area contributed by atoms with Crippen molar-refractivity contribution in [3.05, 3.63) is 63.6 Å². The van der Waals surface area contributed by atoms with Gasteiger partial charge in [-0.05, 0) is 48.1 Å². The summed E-state index contributed by atoms with van der Waals surface area (Å²) >= 11 is 12.2. The van der Waals surface area contributed by atoms with Crippen LogP contribution in [0.5, 0.6) is 0 Å². The summed E-state index contributed by atoms with van der Waals surface area (Å²) in [5, 5.41) is 15.8. The molecule has 0 bridgehead atoms. The zero-order chi connectivity index (χ0) is 29.9. The molecular weight excluding hydrogens is 569 g/mol. The molecule has 3 amide bonds. The third-order valence-corrected chi connectivity index (χ3v) is 9.40. The molecule has 0 aromatic heterocycles. The first-order valence-corrected chi connectivity index (χ1v) is 14.4. The lowest BCUT2D eigenvalue weighted by molar-refractivity contribution is -0.153. The predicted molar refractivity (Wildman–Crippen MR) is 156 cm³/mol. The van der Waals surface area contributed by atoms with Crippen molar-refractivity contribution in [2.24, 2.45) is 16.7 Å².